The number of anilines is 1. The molecule has 1 unspecified atom stereocenters. The Balaban J connectivity index is 1.99. The van der Waals surface area contributed by atoms with Crippen molar-refractivity contribution in [3.63, 3.8) is 0 Å². The summed E-state index contributed by atoms with van der Waals surface area (Å²) in [7, 11) is 0. The molecule has 0 saturated heterocycles. The largest absolute Gasteiger partial charge is 0.345 e. The monoisotopic (exact) mass is 299 g/mol. The maximum Gasteiger partial charge on any atom is 0.345 e. The quantitative estimate of drug-likeness (QED) is 0.926. The third-order valence-electron chi connectivity index (χ3n) is 2.58. The summed E-state index contributed by atoms with van der Waals surface area (Å²) in [5.74, 6) is 0. The molecule has 0 aliphatic carbocycles. The number of nitrogens with one attached hydrogen (secondary N) is 1. The molecular weight excluding hydrogens is 282 g/mol. The summed E-state index contributed by atoms with van der Waals surface area (Å²) in [6.45, 7) is 5.92. The standard InChI is InChI=1S/C11H17N5OS2/c1-4-5-6-9-16(15-8(3)18-9)11(17)12-10-14-13-7(2)19-10/h9H,4-6H2,1-3H3,(H,12,14,17). The van der Waals surface area contributed by atoms with Gasteiger partial charge in [0.25, 0.3) is 0 Å². The number of rotatable bonds is 4. The predicted molar refractivity (Wildman–Crippen MR) is 79.5 cm³/mol. The minimum atomic E-state index is -0.235. The number of carbonyl (C=O) groups is 1. The molecule has 0 bridgehead atoms. The Kier molecular flexibility index (Phi) is 4.76. The van der Waals surface area contributed by atoms with E-state index in [4.69, 9.17) is 0 Å². The summed E-state index contributed by atoms with van der Waals surface area (Å²) >= 11 is 3.00. The molecule has 1 aliphatic heterocycles. The van der Waals surface area contributed by atoms with Crippen molar-refractivity contribution in [2.45, 2.75) is 45.4 Å². The summed E-state index contributed by atoms with van der Waals surface area (Å²) in [4.78, 5) is 12.2. The maximum absolute atomic E-state index is 12.2. The first-order valence-electron chi connectivity index (χ1n) is 6.22. The molecule has 104 valence electrons. The highest BCUT2D eigenvalue weighted by Crippen LogP contribution is 2.30. The number of hydrazone groups is 1. The number of nitrogens with zero attached hydrogens (tertiary/aromatic N) is 4. The molecule has 0 saturated carbocycles. The minimum Gasteiger partial charge on any atom is -0.280 e. The third-order valence-corrected chi connectivity index (χ3v) is 4.46. The second kappa shape index (κ2) is 6.33. The summed E-state index contributed by atoms with van der Waals surface area (Å²) in [6, 6.07) is -0.235. The Hall–Kier alpha value is -1.15. The first kappa shape index (κ1) is 14.3. The number of thioether (sulfide) groups is 1. The Morgan fingerprint density at radius 2 is 2.21 bits per heavy atom. The molecule has 2 rings (SSSR count). The Bertz CT molecular complexity index is 487. The highest BCUT2D eigenvalue weighted by atomic mass is 32.2. The Labute approximate surface area is 120 Å². The molecule has 1 aromatic rings. The van der Waals surface area contributed by atoms with Crippen molar-refractivity contribution >= 4 is 39.3 Å². The Morgan fingerprint density at radius 3 is 2.84 bits per heavy atom. The van der Waals surface area contributed by atoms with E-state index in [1.54, 1.807) is 11.8 Å². The zero-order valence-electron chi connectivity index (χ0n) is 11.2. The van der Waals surface area contributed by atoms with Crippen LogP contribution >= 0.6 is 23.1 Å². The zero-order chi connectivity index (χ0) is 13.8. The molecule has 1 atom stereocenters. The van der Waals surface area contributed by atoms with E-state index in [0.29, 0.717) is 5.13 Å². The van der Waals surface area contributed by atoms with Crippen LogP contribution < -0.4 is 5.32 Å². The highest BCUT2D eigenvalue weighted by molar-refractivity contribution is 8.14. The Morgan fingerprint density at radius 1 is 1.42 bits per heavy atom. The van der Waals surface area contributed by atoms with Crippen LogP contribution in [0.1, 0.15) is 38.1 Å². The molecule has 2 amide bonds. The van der Waals surface area contributed by atoms with Crippen LogP contribution in [-0.4, -0.2) is 31.7 Å². The van der Waals surface area contributed by atoms with Gasteiger partial charge in [-0.25, -0.2) is 9.80 Å². The molecule has 0 spiro atoms. The maximum atomic E-state index is 12.2. The van der Waals surface area contributed by atoms with Gasteiger partial charge in [0.2, 0.25) is 5.13 Å². The number of aryl methyl sites for hydroxylation is 1. The van der Waals surface area contributed by atoms with Gasteiger partial charge in [0, 0.05) is 0 Å². The van der Waals surface area contributed by atoms with Crippen LogP contribution in [0.3, 0.4) is 0 Å². The summed E-state index contributed by atoms with van der Waals surface area (Å²) in [5, 5.41) is 18.7. The first-order chi connectivity index (χ1) is 9.10. The lowest BCUT2D eigenvalue weighted by atomic mass is 10.2. The number of hydrogen-bond acceptors (Lipinski definition) is 6. The topological polar surface area (TPSA) is 70.5 Å². The van der Waals surface area contributed by atoms with Crippen LogP contribution in [-0.2, 0) is 0 Å². The molecule has 8 heteroatoms. The highest BCUT2D eigenvalue weighted by Gasteiger charge is 2.30. The van der Waals surface area contributed by atoms with Crippen LogP contribution in [0.5, 0.6) is 0 Å². The van der Waals surface area contributed by atoms with E-state index >= 15 is 0 Å². The minimum absolute atomic E-state index is 0.0916. The van der Waals surface area contributed by atoms with Crippen LogP contribution in [0.25, 0.3) is 0 Å². The number of urea groups is 1. The van der Waals surface area contributed by atoms with Gasteiger partial charge in [0.15, 0.2) is 0 Å². The van der Waals surface area contributed by atoms with Gasteiger partial charge in [-0.1, -0.05) is 42.9 Å². The van der Waals surface area contributed by atoms with Gasteiger partial charge in [0.05, 0.1) is 5.04 Å². The number of carbonyl (C=O) groups excluding carboxylic acids is 1. The third kappa shape index (κ3) is 3.66. The van der Waals surface area contributed by atoms with Gasteiger partial charge in [-0.3, -0.25) is 5.32 Å². The molecule has 0 aromatic carbocycles. The molecule has 6 nitrogen and oxygen atoms in total. The average Bonchev–Trinajstić information content (AvgIpc) is 2.93. The van der Waals surface area contributed by atoms with Gasteiger partial charge >= 0.3 is 6.03 Å². The predicted octanol–water partition coefficient (Wildman–Crippen LogP) is 3.28. The molecule has 19 heavy (non-hydrogen) atoms. The molecular formula is C11H17N5OS2. The molecule has 1 aromatic heterocycles. The number of hydrogen-bond donors (Lipinski definition) is 1. The van der Waals surface area contributed by atoms with E-state index in [1.165, 1.54) is 16.3 Å². The molecule has 1 aliphatic rings. The van der Waals surface area contributed by atoms with Gasteiger partial charge in [-0.2, -0.15) is 5.10 Å². The summed E-state index contributed by atoms with van der Waals surface area (Å²) in [5.41, 5.74) is 0. The van der Waals surface area contributed by atoms with Crippen molar-refractivity contribution in [1.29, 1.82) is 0 Å². The van der Waals surface area contributed by atoms with Crippen molar-refractivity contribution < 1.29 is 4.79 Å². The van der Waals surface area contributed by atoms with Crippen molar-refractivity contribution in [3.8, 4) is 0 Å². The normalized spacial score (nSPS) is 18.6. The van der Waals surface area contributed by atoms with Gasteiger partial charge in [-0.15, -0.1) is 10.2 Å². The summed E-state index contributed by atoms with van der Waals surface area (Å²) in [6.07, 6.45) is 3.15. The second-order valence-electron chi connectivity index (χ2n) is 4.23. The molecule has 0 fully saturated rings. The van der Waals surface area contributed by atoms with Crippen molar-refractivity contribution in [2.75, 3.05) is 5.32 Å². The van der Waals surface area contributed by atoms with Crippen molar-refractivity contribution in [2.24, 2.45) is 5.10 Å². The van der Waals surface area contributed by atoms with Crippen LogP contribution in [0, 0.1) is 6.92 Å². The van der Waals surface area contributed by atoms with Crippen LogP contribution in [0.15, 0.2) is 5.10 Å². The number of unbranched alkanes of at least 4 members (excludes halogenated alkanes) is 1. The average molecular weight is 299 g/mol. The smallest absolute Gasteiger partial charge is 0.280 e. The lowest BCUT2D eigenvalue weighted by Crippen LogP contribution is -2.34. The fourth-order valence-electron chi connectivity index (χ4n) is 1.72. The molecule has 0 radical (unpaired) electrons. The lowest BCUT2D eigenvalue weighted by molar-refractivity contribution is 0.209. The van der Waals surface area contributed by atoms with Crippen molar-refractivity contribution in [1.82, 2.24) is 15.2 Å². The van der Waals surface area contributed by atoms with E-state index in [9.17, 15) is 4.79 Å². The number of amides is 2. The van der Waals surface area contributed by atoms with Gasteiger partial charge in [-0.05, 0) is 20.3 Å². The van der Waals surface area contributed by atoms with Gasteiger partial charge < -0.3 is 0 Å². The lowest BCUT2D eigenvalue weighted by Gasteiger charge is -2.20. The fraction of sp³-hybridized carbons (Fsp3) is 0.636. The van der Waals surface area contributed by atoms with Crippen LogP contribution in [0.2, 0.25) is 0 Å². The number of aromatic nitrogens is 2. The van der Waals surface area contributed by atoms with E-state index in [2.05, 4.69) is 27.5 Å². The summed E-state index contributed by atoms with van der Waals surface area (Å²) < 4.78 is 0. The van der Waals surface area contributed by atoms with E-state index in [0.717, 1.165) is 29.3 Å². The van der Waals surface area contributed by atoms with Gasteiger partial charge in [0.1, 0.15) is 10.4 Å². The zero-order valence-corrected chi connectivity index (χ0v) is 12.8. The van der Waals surface area contributed by atoms with Crippen molar-refractivity contribution in [3.05, 3.63) is 5.01 Å². The van der Waals surface area contributed by atoms with E-state index in [1.807, 2.05) is 13.8 Å². The SMILES string of the molecule is CCCCC1SC(C)=NN1C(=O)Nc1nnc(C)s1. The molecule has 2 heterocycles. The molecule has 1 N–H and O–H groups in total. The van der Waals surface area contributed by atoms with Crippen LogP contribution in [0.4, 0.5) is 9.93 Å². The van der Waals surface area contributed by atoms with E-state index in [-0.39, 0.29) is 11.4 Å². The second-order valence-corrected chi connectivity index (χ2v) is 6.79. The van der Waals surface area contributed by atoms with E-state index < -0.39 is 0 Å². The fourth-order valence-corrected chi connectivity index (χ4v) is 3.36. The first-order valence-corrected chi connectivity index (χ1v) is 7.92.